The molecule has 4 rings (SSSR count). The molecule has 3 nitrogen and oxygen atoms in total. The van der Waals surface area contributed by atoms with Gasteiger partial charge in [0.05, 0.1) is 12.1 Å². The summed E-state index contributed by atoms with van der Waals surface area (Å²) >= 11 is 0. The summed E-state index contributed by atoms with van der Waals surface area (Å²) in [6.45, 7) is 8.68. The third-order valence-electron chi connectivity index (χ3n) is 9.03. The van der Waals surface area contributed by atoms with E-state index in [-0.39, 0.29) is 17.9 Å². The lowest BCUT2D eigenvalue weighted by molar-refractivity contribution is -0.118. The van der Waals surface area contributed by atoms with E-state index >= 15 is 0 Å². The minimum atomic E-state index is -0.565. The van der Waals surface area contributed by atoms with E-state index < -0.39 is 5.54 Å². The van der Waals surface area contributed by atoms with Crippen LogP contribution in [-0.2, 0) is 4.79 Å². The number of hydrogen-bond acceptors (Lipinski definition) is 2. The molecule has 4 aliphatic carbocycles. The molecular weight excluding hydrogens is 346 g/mol. The zero-order valence-electron chi connectivity index (χ0n) is 18.3. The van der Waals surface area contributed by atoms with E-state index in [0.717, 1.165) is 18.3 Å². The lowest BCUT2D eigenvalue weighted by atomic mass is 9.48. The molecule has 0 aliphatic heterocycles. The highest BCUT2D eigenvalue weighted by atomic mass is 16.3. The maximum Gasteiger partial charge on any atom is 0.244 e. The second-order valence-electron chi connectivity index (χ2n) is 11.2. The standard InChI is InChI=1S/C25H39NO2/c1-23(2,16-27)26-22(28)15-18-9-11-20-19-10-8-17-7-5-6-13-24(17,3)21(19)12-14-25(18,20)4/h8,15,19-21,27H,5-7,9-14,16H2,1-4H3,(H,26,28)/b18-15-/t19-,20-,21-,24-,25+/m0/s1. The highest BCUT2D eigenvalue weighted by molar-refractivity contribution is 5.89. The van der Waals surface area contributed by atoms with Crippen molar-refractivity contribution in [3.05, 3.63) is 23.3 Å². The van der Waals surface area contributed by atoms with Gasteiger partial charge in [-0.2, -0.15) is 0 Å². The first-order chi connectivity index (χ1) is 13.2. The van der Waals surface area contributed by atoms with Crippen molar-refractivity contribution in [1.29, 1.82) is 0 Å². The van der Waals surface area contributed by atoms with E-state index in [4.69, 9.17) is 0 Å². The van der Waals surface area contributed by atoms with Crippen LogP contribution in [0.1, 0.15) is 85.5 Å². The zero-order valence-corrected chi connectivity index (χ0v) is 18.3. The molecule has 0 bridgehead atoms. The Morgan fingerprint density at radius 2 is 1.93 bits per heavy atom. The number of nitrogens with one attached hydrogen (secondary N) is 1. The number of carbonyl (C=O) groups excluding carboxylic acids is 1. The number of fused-ring (bicyclic) bond motifs is 5. The summed E-state index contributed by atoms with van der Waals surface area (Å²) in [7, 11) is 0. The highest BCUT2D eigenvalue weighted by Crippen LogP contribution is 2.66. The zero-order chi connectivity index (χ0) is 20.2. The minimum absolute atomic E-state index is 0.0388. The predicted octanol–water partition coefficient (Wildman–Crippen LogP) is 5.15. The SMILES string of the molecule is CC(C)(CO)NC(=O)/C=C1/CC[C@H]2[C@@H]3CC=C4CCCC[C@]4(C)[C@H]3CC[C@]12C. The van der Waals surface area contributed by atoms with E-state index in [9.17, 15) is 9.90 Å². The van der Waals surface area contributed by atoms with Crippen LogP contribution >= 0.6 is 0 Å². The molecule has 0 aromatic rings. The molecule has 0 unspecified atom stereocenters. The van der Waals surface area contributed by atoms with Crippen LogP contribution in [-0.4, -0.2) is 23.2 Å². The average molecular weight is 386 g/mol. The van der Waals surface area contributed by atoms with Crippen molar-refractivity contribution in [2.24, 2.45) is 28.6 Å². The second-order valence-corrected chi connectivity index (χ2v) is 11.2. The number of aliphatic hydroxyl groups is 1. The molecule has 4 aliphatic rings. The van der Waals surface area contributed by atoms with E-state index in [0.29, 0.717) is 11.3 Å². The van der Waals surface area contributed by atoms with Crippen LogP contribution in [0.3, 0.4) is 0 Å². The smallest absolute Gasteiger partial charge is 0.244 e. The van der Waals surface area contributed by atoms with Crippen molar-refractivity contribution in [1.82, 2.24) is 5.32 Å². The number of allylic oxidation sites excluding steroid dienone is 3. The number of aliphatic hydroxyl groups excluding tert-OH is 1. The molecule has 3 fully saturated rings. The topological polar surface area (TPSA) is 49.3 Å². The lowest BCUT2D eigenvalue weighted by Gasteiger charge is -2.57. The largest absolute Gasteiger partial charge is 0.394 e. The molecule has 0 saturated heterocycles. The van der Waals surface area contributed by atoms with Gasteiger partial charge in [-0.1, -0.05) is 37.5 Å². The Labute approximate surface area is 171 Å². The van der Waals surface area contributed by atoms with Gasteiger partial charge in [-0.25, -0.2) is 0 Å². The Kier molecular flexibility index (Phi) is 5.05. The average Bonchev–Trinajstić information content (AvgIpc) is 2.97. The van der Waals surface area contributed by atoms with Crippen LogP contribution in [0.2, 0.25) is 0 Å². The van der Waals surface area contributed by atoms with Crippen molar-refractivity contribution in [2.45, 2.75) is 91.0 Å². The molecule has 156 valence electrons. The Morgan fingerprint density at radius 3 is 2.68 bits per heavy atom. The van der Waals surface area contributed by atoms with Gasteiger partial charge in [-0.15, -0.1) is 0 Å². The van der Waals surface area contributed by atoms with Crippen molar-refractivity contribution < 1.29 is 9.90 Å². The van der Waals surface area contributed by atoms with E-state index in [1.165, 1.54) is 56.9 Å². The molecule has 0 aromatic carbocycles. The first-order valence-electron chi connectivity index (χ1n) is 11.5. The Hall–Kier alpha value is -1.09. The van der Waals surface area contributed by atoms with Crippen LogP contribution in [0.15, 0.2) is 23.3 Å². The van der Waals surface area contributed by atoms with Gasteiger partial charge in [0.15, 0.2) is 0 Å². The summed E-state index contributed by atoms with van der Waals surface area (Å²) in [5.74, 6) is 2.30. The lowest BCUT2D eigenvalue weighted by Crippen LogP contribution is -2.48. The van der Waals surface area contributed by atoms with Crippen molar-refractivity contribution in [3.8, 4) is 0 Å². The first-order valence-corrected chi connectivity index (χ1v) is 11.5. The van der Waals surface area contributed by atoms with Gasteiger partial charge < -0.3 is 10.4 Å². The summed E-state index contributed by atoms with van der Waals surface area (Å²) in [5, 5.41) is 12.4. The summed E-state index contributed by atoms with van der Waals surface area (Å²) < 4.78 is 0. The third kappa shape index (κ3) is 3.18. The normalized spacial score (nSPS) is 41.7. The van der Waals surface area contributed by atoms with E-state index in [1.807, 2.05) is 19.9 Å². The fraction of sp³-hybridized carbons (Fsp3) is 0.800. The molecule has 5 atom stereocenters. The number of hydrogen-bond donors (Lipinski definition) is 2. The minimum Gasteiger partial charge on any atom is -0.394 e. The summed E-state index contributed by atoms with van der Waals surface area (Å²) in [4.78, 5) is 12.6. The van der Waals surface area contributed by atoms with E-state index in [1.54, 1.807) is 5.57 Å². The molecule has 0 heterocycles. The van der Waals surface area contributed by atoms with Crippen LogP contribution < -0.4 is 5.32 Å². The van der Waals surface area contributed by atoms with Crippen molar-refractivity contribution in [3.63, 3.8) is 0 Å². The molecule has 3 saturated carbocycles. The van der Waals surface area contributed by atoms with Gasteiger partial charge in [0, 0.05) is 6.08 Å². The van der Waals surface area contributed by atoms with Crippen LogP contribution in [0, 0.1) is 28.6 Å². The summed E-state index contributed by atoms with van der Waals surface area (Å²) in [5.41, 5.74) is 3.18. The van der Waals surface area contributed by atoms with E-state index in [2.05, 4.69) is 25.2 Å². The number of carbonyl (C=O) groups is 1. The molecule has 2 N–H and O–H groups in total. The second kappa shape index (κ2) is 7.00. The molecule has 0 aromatic heterocycles. The van der Waals surface area contributed by atoms with Crippen molar-refractivity contribution in [2.75, 3.05) is 6.61 Å². The third-order valence-corrected chi connectivity index (χ3v) is 9.03. The summed E-state index contributed by atoms with van der Waals surface area (Å²) in [6.07, 6.45) is 16.1. The van der Waals surface area contributed by atoms with Crippen LogP contribution in [0.4, 0.5) is 0 Å². The van der Waals surface area contributed by atoms with Gasteiger partial charge in [0.1, 0.15) is 0 Å². The van der Waals surface area contributed by atoms with Crippen molar-refractivity contribution >= 4 is 5.91 Å². The van der Waals surface area contributed by atoms with Crippen LogP contribution in [0.25, 0.3) is 0 Å². The fourth-order valence-electron chi connectivity index (χ4n) is 7.35. The number of amides is 1. The van der Waals surface area contributed by atoms with Crippen LogP contribution in [0.5, 0.6) is 0 Å². The molecular formula is C25H39NO2. The Morgan fingerprint density at radius 1 is 1.18 bits per heavy atom. The quantitative estimate of drug-likeness (QED) is 0.521. The monoisotopic (exact) mass is 385 g/mol. The summed E-state index contributed by atoms with van der Waals surface area (Å²) in [6, 6.07) is 0. The fourth-order valence-corrected chi connectivity index (χ4v) is 7.35. The molecule has 1 amide bonds. The predicted molar refractivity (Wildman–Crippen MR) is 114 cm³/mol. The van der Waals surface area contributed by atoms with Gasteiger partial charge in [-0.05, 0) is 93.8 Å². The van der Waals surface area contributed by atoms with Gasteiger partial charge in [-0.3, -0.25) is 4.79 Å². The Bertz CT molecular complexity index is 705. The molecule has 28 heavy (non-hydrogen) atoms. The van der Waals surface area contributed by atoms with Gasteiger partial charge >= 0.3 is 0 Å². The molecule has 3 heteroatoms. The Balaban J connectivity index is 1.56. The highest BCUT2D eigenvalue weighted by Gasteiger charge is 2.56. The first kappa shape index (κ1) is 20.2. The number of rotatable bonds is 3. The molecule has 0 spiro atoms. The molecule has 0 radical (unpaired) electrons. The maximum atomic E-state index is 12.6. The van der Waals surface area contributed by atoms with Gasteiger partial charge in [0.25, 0.3) is 0 Å². The van der Waals surface area contributed by atoms with Gasteiger partial charge in [0.2, 0.25) is 5.91 Å². The maximum absolute atomic E-state index is 12.6.